The molecule has 0 aromatic heterocycles. The van der Waals surface area contributed by atoms with Gasteiger partial charge in [-0.05, 0) is 51.1 Å². The van der Waals surface area contributed by atoms with Crippen molar-refractivity contribution in [1.82, 2.24) is 5.32 Å². The van der Waals surface area contributed by atoms with Gasteiger partial charge in [-0.3, -0.25) is 0 Å². The van der Waals surface area contributed by atoms with E-state index < -0.39 is 0 Å². The van der Waals surface area contributed by atoms with E-state index in [-0.39, 0.29) is 0 Å². The fraction of sp³-hybridized carbons (Fsp3) is 0.647. The summed E-state index contributed by atoms with van der Waals surface area (Å²) in [6.45, 7) is 6.42. The topological polar surface area (TPSA) is 21.3 Å². The molecule has 19 heavy (non-hydrogen) atoms. The lowest BCUT2D eigenvalue weighted by Gasteiger charge is -2.22. The van der Waals surface area contributed by atoms with Crippen molar-refractivity contribution in [1.29, 1.82) is 0 Å². The SMILES string of the molecule is CCCNC(Cc1ccc(C)cc1)CC1CCCO1. The van der Waals surface area contributed by atoms with Gasteiger partial charge in [0, 0.05) is 12.6 Å². The molecule has 1 aliphatic rings. The fourth-order valence-corrected chi connectivity index (χ4v) is 2.74. The first-order valence-electron chi connectivity index (χ1n) is 7.68. The van der Waals surface area contributed by atoms with Gasteiger partial charge in [0.05, 0.1) is 6.10 Å². The quantitative estimate of drug-likeness (QED) is 0.811. The Hall–Kier alpha value is -0.860. The Morgan fingerprint density at radius 1 is 1.32 bits per heavy atom. The molecule has 1 aromatic rings. The minimum absolute atomic E-state index is 0.472. The molecule has 1 fully saturated rings. The predicted octanol–water partition coefficient (Wildman–Crippen LogP) is 3.47. The number of nitrogens with one attached hydrogen (secondary N) is 1. The summed E-state index contributed by atoms with van der Waals surface area (Å²) in [7, 11) is 0. The van der Waals surface area contributed by atoms with Gasteiger partial charge in [-0.2, -0.15) is 0 Å². The van der Waals surface area contributed by atoms with Crippen molar-refractivity contribution in [2.45, 2.75) is 58.1 Å². The molecule has 0 radical (unpaired) electrons. The van der Waals surface area contributed by atoms with Gasteiger partial charge in [0.2, 0.25) is 0 Å². The van der Waals surface area contributed by atoms with Crippen molar-refractivity contribution in [2.75, 3.05) is 13.2 Å². The van der Waals surface area contributed by atoms with E-state index in [1.807, 2.05) is 0 Å². The zero-order valence-electron chi connectivity index (χ0n) is 12.3. The van der Waals surface area contributed by atoms with E-state index in [9.17, 15) is 0 Å². The van der Waals surface area contributed by atoms with E-state index in [2.05, 4.69) is 43.4 Å². The third-order valence-corrected chi connectivity index (χ3v) is 3.86. The summed E-state index contributed by atoms with van der Waals surface area (Å²) in [4.78, 5) is 0. The van der Waals surface area contributed by atoms with Crippen molar-refractivity contribution < 1.29 is 4.74 Å². The molecule has 2 atom stereocenters. The molecular formula is C17H27NO. The highest BCUT2D eigenvalue weighted by Crippen LogP contribution is 2.19. The van der Waals surface area contributed by atoms with Crippen molar-refractivity contribution in [3.8, 4) is 0 Å². The summed E-state index contributed by atoms with van der Waals surface area (Å²) in [6, 6.07) is 9.47. The van der Waals surface area contributed by atoms with Gasteiger partial charge in [0.25, 0.3) is 0 Å². The zero-order valence-corrected chi connectivity index (χ0v) is 12.3. The Balaban J connectivity index is 1.89. The molecule has 106 valence electrons. The smallest absolute Gasteiger partial charge is 0.0590 e. The van der Waals surface area contributed by atoms with Gasteiger partial charge >= 0.3 is 0 Å². The Morgan fingerprint density at radius 2 is 2.11 bits per heavy atom. The van der Waals surface area contributed by atoms with Crippen LogP contribution in [0.2, 0.25) is 0 Å². The molecule has 0 aliphatic carbocycles. The monoisotopic (exact) mass is 261 g/mol. The Morgan fingerprint density at radius 3 is 2.74 bits per heavy atom. The van der Waals surface area contributed by atoms with Crippen LogP contribution >= 0.6 is 0 Å². The van der Waals surface area contributed by atoms with Crippen molar-refractivity contribution in [3.05, 3.63) is 35.4 Å². The van der Waals surface area contributed by atoms with E-state index >= 15 is 0 Å². The minimum Gasteiger partial charge on any atom is -0.378 e. The first-order valence-corrected chi connectivity index (χ1v) is 7.68. The molecule has 2 unspecified atom stereocenters. The first-order chi connectivity index (χ1) is 9.28. The molecule has 0 saturated carbocycles. The van der Waals surface area contributed by atoms with Crippen LogP contribution in [0.15, 0.2) is 24.3 Å². The highest BCUT2D eigenvalue weighted by Gasteiger charge is 2.20. The molecule has 2 heteroatoms. The maximum atomic E-state index is 5.78. The number of benzene rings is 1. The zero-order chi connectivity index (χ0) is 13.5. The molecule has 1 heterocycles. The van der Waals surface area contributed by atoms with Crippen LogP contribution in [0.25, 0.3) is 0 Å². The summed E-state index contributed by atoms with van der Waals surface area (Å²) < 4.78 is 5.78. The molecule has 1 aliphatic heterocycles. The van der Waals surface area contributed by atoms with E-state index in [4.69, 9.17) is 4.74 Å². The van der Waals surface area contributed by atoms with E-state index in [0.29, 0.717) is 12.1 Å². The van der Waals surface area contributed by atoms with Gasteiger partial charge in [-0.15, -0.1) is 0 Å². The van der Waals surface area contributed by atoms with Crippen LogP contribution in [0.1, 0.15) is 43.7 Å². The van der Waals surface area contributed by atoms with E-state index in [1.54, 1.807) is 0 Å². The third-order valence-electron chi connectivity index (χ3n) is 3.86. The van der Waals surface area contributed by atoms with Crippen LogP contribution in [0.4, 0.5) is 0 Å². The van der Waals surface area contributed by atoms with Gasteiger partial charge in [0.1, 0.15) is 0 Å². The molecule has 2 nitrogen and oxygen atoms in total. The number of aryl methyl sites for hydroxylation is 1. The maximum Gasteiger partial charge on any atom is 0.0590 e. The molecule has 2 rings (SSSR count). The number of hydrogen-bond donors (Lipinski definition) is 1. The number of rotatable bonds is 7. The standard InChI is InChI=1S/C17H27NO/c1-3-10-18-16(13-17-5-4-11-19-17)12-15-8-6-14(2)7-9-15/h6-9,16-18H,3-5,10-13H2,1-2H3. The van der Waals surface area contributed by atoms with Crippen molar-refractivity contribution >= 4 is 0 Å². The Labute approximate surface area is 117 Å². The van der Waals surface area contributed by atoms with Gasteiger partial charge in [-0.1, -0.05) is 36.8 Å². The molecule has 0 bridgehead atoms. The molecule has 1 saturated heterocycles. The second-order valence-electron chi connectivity index (χ2n) is 5.71. The third kappa shape index (κ3) is 4.96. The van der Waals surface area contributed by atoms with Crippen LogP contribution in [0, 0.1) is 6.92 Å². The second-order valence-corrected chi connectivity index (χ2v) is 5.71. The van der Waals surface area contributed by atoms with Gasteiger partial charge in [0.15, 0.2) is 0 Å². The average Bonchev–Trinajstić information content (AvgIpc) is 2.91. The maximum absolute atomic E-state index is 5.78. The van der Waals surface area contributed by atoms with E-state index in [0.717, 1.165) is 26.0 Å². The molecular weight excluding hydrogens is 234 g/mol. The van der Waals surface area contributed by atoms with Crippen molar-refractivity contribution in [3.63, 3.8) is 0 Å². The highest BCUT2D eigenvalue weighted by molar-refractivity contribution is 5.22. The Kier molecular flexibility index (Phi) is 5.87. The summed E-state index contributed by atoms with van der Waals surface area (Å²) in [6.07, 6.45) is 6.39. The lowest BCUT2D eigenvalue weighted by Crippen LogP contribution is -2.35. The van der Waals surface area contributed by atoms with E-state index in [1.165, 1.54) is 30.4 Å². The first kappa shape index (κ1) is 14.5. The van der Waals surface area contributed by atoms with Crippen molar-refractivity contribution in [2.24, 2.45) is 0 Å². The van der Waals surface area contributed by atoms with Crippen LogP contribution in [0.5, 0.6) is 0 Å². The molecule has 0 spiro atoms. The summed E-state index contributed by atoms with van der Waals surface area (Å²) in [5, 5.41) is 3.68. The van der Waals surface area contributed by atoms with Crippen LogP contribution < -0.4 is 5.32 Å². The lowest BCUT2D eigenvalue weighted by molar-refractivity contribution is 0.0946. The minimum atomic E-state index is 0.472. The summed E-state index contributed by atoms with van der Waals surface area (Å²) in [5.41, 5.74) is 2.76. The highest BCUT2D eigenvalue weighted by atomic mass is 16.5. The normalized spacial score (nSPS) is 20.6. The Bertz CT molecular complexity index is 354. The lowest BCUT2D eigenvalue weighted by atomic mass is 9.98. The molecule has 0 amide bonds. The molecule has 1 aromatic carbocycles. The summed E-state index contributed by atoms with van der Waals surface area (Å²) >= 11 is 0. The second kappa shape index (κ2) is 7.66. The summed E-state index contributed by atoms with van der Waals surface area (Å²) in [5.74, 6) is 0. The fourth-order valence-electron chi connectivity index (χ4n) is 2.74. The predicted molar refractivity (Wildman–Crippen MR) is 80.6 cm³/mol. The van der Waals surface area contributed by atoms with Gasteiger partial charge in [-0.25, -0.2) is 0 Å². The van der Waals surface area contributed by atoms with Crippen LogP contribution in [-0.2, 0) is 11.2 Å². The van der Waals surface area contributed by atoms with Crippen LogP contribution in [-0.4, -0.2) is 25.3 Å². The van der Waals surface area contributed by atoms with Crippen LogP contribution in [0.3, 0.4) is 0 Å². The van der Waals surface area contributed by atoms with Gasteiger partial charge < -0.3 is 10.1 Å². The molecule has 1 N–H and O–H groups in total. The largest absolute Gasteiger partial charge is 0.378 e. The number of hydrogen-bond acceptors (Lipinski definition) is 2. The average molecular weight is 261 g/mol. The number of ether oxygens (including phenoxy) is 1.